The Balaban J connectivity index is 2.31. The fourth-order valence-corrected chi connectivity index (χ4v) is 0.953. The van der Waals surface area contributed by atoms with Crippen molar-refractivity contribution in [2.45, 2.75) is 0 Å². The van der Waals surface area contributed by atoms with E-state index in [2.05, 4.69) is 10.3 Å². The summed E-state index contributed by atoms with van der Waals surface area (Å²) in [7, 11) is 0. The number of nitrogens with one attached hydrogen (secondary N) is 1. The van der Waals surface area contributed by atoms with Gasteiger partial charge in [-0.05, 0) is 0 Å². The van der Waals surface area contributed by atoms with Crippen LogP contribution in [0.2, 0.25) is 0 Å². The predicted molar refractivity (Wildman–Crippen MR) is 50.5 cm³/mol. The number of aliphatic hydroxyl groups excluding tert-OH is 1. The molecule has 4 nitrogen and oxygen atoms in total. The number of ether oxygens (including phenoxy) is 1. The van der Waals surface area contributed by atoms with Crippen molar-refractivity contribution in [3.8, 4) is 0 Å². The third-order valence-corrected chi connectivity index (χ3v) is 1.58. The average Bonchev–Trinajstić information content (AvgIpc) is 2.20. The van der Waals surface area contributed by atoms with Crippen LogP contribution in [0.1, 0.15) is 0 Å². The number of halogens is 2. The highest BCUT2D eigenvalue weighted by Crippen LogP contribution is 2.10. The molecule has 0 bridgehead atoms. The first-order valence-electron chi connectivity index (χ1n) is 4.47. The molecule has 84 valence electrons. The zero-order valence-electron chi connectivity index (χ0n) is 8.04. The van der Waals surface area contributed by atoms with E-state index in [4.69, 9.17) is 9.84 Å². The minimum atomic E-state index is -0.739. The maximum Gasteiger partial charge on any atom is 0.168 e. The third kappa shape index (κ3) is 4.18. The molecule has 1 aromatic rings. The molecule has 0 atom stereocenters. The summed E-state index contributed by atoms with van der Waals surface area (Å²) in [6.07, 6.45) is 0.931. The van der Waals surface area contributed by atoms with Gasteiger partial charge in [-0.3, -0.25) is 0 Å². The number of nitrogens with zero attached hydrogens (tertiary/aromatic N) is 1. The molecule has 1 aromatic heterocycles. The molecule has 6 heteroatoms. The van der Waals surface area contributed by atoms with Gasteiger partial charge >= 0.3 is 0 Å². The number of aromatic nitrogens is 1. The van der Waals surface area contributed by atoms with Crippen molar-refractivity contribution in [3.05, 3.63) is 23.9 Å². The van der Waals surface area contributed by atoms with Gasteiger partial charge in [0.25, 0.3) is 0 Å². The van der Waals surface area contributed by atoms with Crippen molar-refractivity contribution < 1.29 is 18.6 Å². The summed E-state index contributed by atoms with van der Waals surface area (Å²) in [6, 6.07) is 0.754. The second kappa shape index (κ2) is 6.26. The predicted octanol–water partition coefficient (Wildman–Crippen LogP) is 0.781. The molecule has 0 unspecified atom stereocenters. The minimum Gasteiger partial charge on any atom is -0.394 e. The number of anilines is 1. The molecule has 1 heterocycles. The highest BCUT2D eigenvalue weighted by Gasteiger charge is 2.03. The maximum atomic E-state index is 13.0. The van der Waals surface area contributed by atoms with E-state index in [-0.39, 0.29) is 19.0 Å². The van der Waals surface area contributed by atoms with Gasteiger partial charge in [-0.15, -0.1) is 0 Å². The Morgan fingerprint density at radius 1 is 1.40 bits per heavy atom. The molecule has 0 saturated heterocycles. The van der Waals surface area contributed by atoms with E-state index in [1.54, 1.807) is 0 Å². The Bertz CT molecular complexity index is 310. The number of hydrogen-bond acceptors (Lipinski definition) is 4. The topological polar surface area (TPSA) is 54.4 Å². The van der Waals surface area contributed by atoms with Crippen LogP contribution >= 0.6 is 0 Å². The van der Waals surface area contributed by atoms with Crippen molar-refractivity contribution >= 4 is 5.82 Å². The lowest BCUT2D eigenvalue weighted by atomic mass is 10.4. The first kappa shape index (κ1) is 11.8. The van der Waals surface area contributed by atoms with Gasteiger partial charge in [0.2, 0.25) is 0 Å². The van der Waals surface area contributed by atoms with Gasteiger partial charge in [-0.1, -0.05) is 0 Å². The fourth-order valence-electron chi connectivity index (χ4n) is 0.953. The van der Waals surface area contributed by atoms with Crippen LogP contribution in [-0.2, 0) is 4.74 Å². The summed E-state index contributed by atoms with van der Waals surface area (Å²) in [6.45, 7) is 0.846. The van der Waals surface area contributed by atoms with E-state index in [0.29, 0.717) is 13.2 Å². The van der Waals surface area contributed by atoms with Gasteiger partial charge in [-0.25, -0.2) is 13.8 Å². The maximum absolute atomic E-state index is 13.0. The van der Waals surface area contributed by atoms with Crippen LogP contribution in [0.25, 0.3) is 0 Å². The summed E-state index contributed by atoms with van der Waals surface area (Å²) in [5.74, 6) is -1.46. The van der Waals surface area contributed by atoms with E-state index in [1.807, 2.05) is 0 Å². The van der Waals surface area contributed by atoms with Crippen molar-refractivity contribution in [2.75, 3.05) is 31.7 Å². The smallest absolute Gasteiger partial charge is 0.168 e. The molecule has 0 spiro atoms. The number of pyridine rings is 1. The van der Waals surface area contributed by atoms with E-state index >= 15 is 0 Å². The lowest BCUT2D eigenvalue weighted by Gasteiger charge is -2.06. The van der Waals surface area contributed by atoms with Crippen LogP contribution in [0.3, 0.4) is 0 Å². The highest BCUT2D eigenvalue weighted by molar-refractivity contribution is 5.35. The van der Waals surface area contributed by atoms with E-state index in [9.17, 15) is 8.78 Å². The second-order valence-corrected chi connectivity index (χ2v) is 2.75. The second-order valence-electron chi connectivity index (χ2n) is 2.75. The molecule has 0 saturated carbocycles. The molecule has 0 aliphatic heterocycles. The van der Waals surface area contributed by atoms with E-state index in [0.717, 1.165) is 12.3 Å². The molecule has 0 fully saturated rings. The lowest BCUT2D eigenvalue weighted by molar-refractivity contribution is 0.0991. The van der Waals surface area contributed by atoms with Crippen LogP contribution in [0.15, 0.2) is 12.3 Å². The van der Waals surface area contributed by atoms with Gasteiger partial charge in [0.1, 0.15) is 5.82 Å². The summed E-state index contributed by atoms with van der Waals surface area (Å²) in [5, 5.41) is 11.0. The van der Waals surface area contributed by atoms with Crippen molar-refractivity contribution in [3.63, 3.8) is 0 Å². The summed E-state index contributed by atoms with van der Waals surface area (Å²) in [4.78, 5) is 3.53. The van der Waals surface area contributed by atoms with E-state index < -0.39 is 11.6 Å². The molecular weight excluding hydrogens is 206 g/mol. The highest BCUT2D eigenvalue weighted by atomic mass is 19.1. The van der Waals surface area contributed by atoms with Gasteiger partial charge in [0.05, 0.1) is 26.0 Å². The first-order valence-corrected chi connectivity index (χ1v) is 4.47. The van der Waals surface area contributed by atoms with Crippen molar-refractivity contribution in [1.82, 2.24) is 4.98 Å². The minimum absolute atomic E-state index is 0.0102. The van der Waals surface area contributed by atoms with Crippen molar-refractivity contribution in [2.24, 2.45) is 0 Å². The summed E-state index contributed by atoms with van der Waals surface area (Å²) >= 11 is 0. The Labute approximate surface area is 85.9 Å². The summed E-state index contributed by atoms with van der Waals surface area (Å²) < 4.78 is 30.4. The Morgan fingerprint density at radius 3 is 2.87 bits per heavy atom. The Morgan fingerprint density at radius 2 is 2.20 bits per heavy atom. The van der Waals surface area contributed by atoms with E-state index in [1.165, 1.54) is 0 Å². The zero-order valence-corrected chi connectivity index (χ0v) is 8.04. The first-order chi connectivity index (χ1) is 7.24. The normalized spacial score (nSPS) is 10.3. The van der Waals surface area contributed by atoms with Gasteiger partial charge in [-0.2, -0.15) is 0 Å². The lowest BCUT2D eigenvalue weighted by Crippen LogP contribution is -2.13. The largest absolute Gasteiger partial charge is 0.394 e. The molecule has 15 heavy (non-hydrogen) atoms. The standard InChI is InChI=1S/C9H12F2N2O2/c10-7-5-8(11)9(13-6-7)12-1-3-15-4-2-14/h5-6,14H,1-4H2,(H,12,13). The van der Waals surface area contributed by atoms with Crippen LogP contribution in [-0.4, -0.2) is 36.5 Å². The monoisotopic (exact) mass is 218 g/mol. The fraction of sp³-hybridized carbons (Fsp3) is 0.444. The molecule has 0 aliphatic rings. The van der Waals surface area contributed by atoms with Gasteiger partial charge in [0.15, 0.2) is 11.6 Å². The molecular formula is C9H12F2N2O2. The van der Waals surface area contributed by atoms with Gasteiger partial charge < -0.3 is 15.2 Å². The van der Waals surface area contributed by atoms with Crippen LogP contribution in [0.5, 0.6) is 0 Å². The molecule has 0 aliphatic carbocycles. The summed E-state index contributed by atoms with van der Waals surface area (Å²) in [5.41, 5.74) is 0. The number of hydrogen-bond donors (Lipinski definition) is 2. The van der Waals surface area contributed by atoms with Gasteiger partial charge in [0, 0.05) is 12.6 Å². The van der Waals surface area contributed by atoms with Crippen molar-refractivity contribution in [1.29, 1.82) is 0 Å². The van der Waals surface area contributed by atoms with Crippen LogP contribution < -0.4 is 5.32 Å². The zero-order chi connectivity index (χ0) is 11.1. The average molecular weight is 218 g/mol. The molecule has 0 amide bonds. The third-order valence-electron chi connectivity index (χ3n) is 1.58. The Kier molecular flexibility index (Phi) is 4.92. The molecule has 0 aromatic carbocycles. The van der Waals surface area contributed by atoms with Crippen LogP contribution in [0.4, 0.5) is 14.6 Å². The molecule has 0 radical (unpaired) electrons. The molecule has 1 rings (SSSR count). The Hall–Kier alpha value is -1.27. The number of aliphatic hydroxyl groups is 1. The van der Waals surface area contributed by atoms with Crippen LogP contribution in [0, 0.1) is 11.6 Å². The number of rotatable bonds is 6. The SMILES string of the molecule is OCCOCCNc1ncc(F)cc1F. The molecule has 2 N–H and O–H groups in total. The quantitative estimate of drug-likeness (QED) is 0.693.